The first-order chi connectivity index (χ1) is 21.3. The highest BCUT2D eigenvalue weighted by atomic mass is 14.4. The van der Waals surface area contributed by atoms with Gasteiger partial charge in [0.1, 0.15) is 0 Å². The third-order valence-corrected chi connectivity index (χ3v) is 10.9. The second-order valence-electron chi connectivity index (χ2n) is 13.9. The molecule has 0 spiro atoms. The van der Waals surface area contributed by atoms with Crippen molar-refractivity contribution >= 4 is 34.1 Å². The van der Waals surface area contributed by atoms with Gasteiger partial charge in [0.25, 0.3) is 0 Å². The van der Waals surface area contributed by atoms with Crippen LogP contribution in [0.15, 0.2) is 109 Å². The molecule has 8 rings (SSSR count). The monoisotopic (exact) mass is 568 g/mol. The lowest BCUT2D eigenvalue weighted by Crippen LogP contribution is -2.16. The van der Waals surface area contributed by atoms with Gasteiger partial charge in [-0.2, -0.15) is 0 Å². The highest BCUT2D eigenvalue weighted by Gasteiger charge is 2.40. The molecule has 0 aromatic heterocycles. The maximum Gasteiger partial charge on any atom is 0.0155 e. The zero-order chi connectivity index (χ0) is 30.4. The summed E-state index contributed by atoms with van der Waals surface area (Å²) in [5.41, 5.74) is 18.7. The van der Waals surface area contributed by atoms with Crippen LogP contribution in [0.2, 0.25) is 0 Å². The summed E-state index contributed by atoms with van der Waals surface area (Å²) in [6.07, 6.45) is 18.4. The van der Waals surface area contributed by atoms with Crippen molar-refractivity contribution in [2.45, 2.75) is 64.2 Å². The van der Waals surface area contributed by atoms with E-state index < -0.39 is 0 Å². The van der Waals surface area contributed by atoms with Crippen molar-refractivity contribution in [3.8, 4) is 22.3 Å². The fraction of sp³-hybridized carbons (Fsp3) is 0.227. The van der Waals surface area contributed by atoms with Crippen LogP contribution in [-0.4, -0.2) is 0 Å². The minimum Gasteiger partial charge on any atom is -0.0984 e. The number of hydrogen-bond donors (Lipinski definition) is 0. The molecule has 44 heavy (non-hydrogen) atoms. The molecular formula is C44H40. The van der Waals surface area contributed by atoms with E-state index in [-0.39, 0.29) is 10.8 Å². The van der Waals surface area contributed by atoms with Gasteiger partial charge in [-0.1, -0.05) is 126 Å². The molecule has 0 heterocycles. The summed E-state index contributed by atoms with van der Waals surface area (Å²) in [6, 6.07) is 23.2. The van der Waals surface area contributed by atoms with Crippen LogP contribution >= 0.6 is 0 Å². The minimum absolute atomic E-state index is 0.0117. The Hall–Kier alpha value is -4.42. The van der Waals surface area contributed by atoms with Crippen molar-refractivity contribution in [1.82, 2.24) is 0 Å². The summed E-state index contributed by atoms with van der Waals surface area (Å²) in [6.45, 7) is 18.3. The lowest BCUT2D eigenvalue weighted by atomic mass is 9.78. The molecular weight excluding hydrogens is 528 g/mol. The summed E-state index contributed by atoms with van der Waals surface area (Å²) in [5, 5.41) is 2.52. The molecule has 0 saturated heterocycles. The Balaban J connectivity index is 1.38. The van der Waals surface area contributed by atoms with Crippen molar-refractivity contribution < 1.29 is 0 Å². The number of benzene rings is 4. The number of rotatable bonds is 4. The third-order valence-electron chi connectivity index (χ3n) is 10.9. The van der Waals surface area contributed by atoms with Gasteiger partial charge in [-0.15, -0.1) is 0 Å². The molecule has 216 valence electrons. The maximum absolute atomic E-state index is 4.38. The molecule has 0 atom stereocenters. The zero-order valence-electron chi connectivity index (χ0n) is 26.5. The van der Waals surface area contributed by atoms with Crippen LogP contribution in [0.1, 0.15) is 86.8 Å². The summed E-state index contributed by atoms with van der Waals surface area (Å²) in [7, 11) is 0. The number of fused-ring (bicyclic) bond motifs is 7. The molecule has 0 fully saturated rings. The highest BCUT2D eigenvalue weighted by molar-refractivity contribution is 6.12. The van der Waals surface area contributed by atoms with E-state index >= 15 is 0 Å². The Morgan fingerprint density at radius 3 is 1.36 bits per heavy atom. The van der Waals surface area contributed by atoms with E-state index in [1.807, 2.05) is 12.2 Å². The summed E-state index contributed by atoms with van der Waals surface area (Å²) >= 11 is 0. The lowest BCUT2D eigenvalue weighted by Gasteiger charge is -2.25. The summed E-state index contributed by atoms with van der Waals surface area (Å²) in [5.74, 6) is 0. The molecule has 0 radical (unpaired) electrons. The Morgan fingerprint density at radius 1 is 0.545 bits per heavy atom. The van der Waals surface area contributed by atoms with E-state index in [0.29, 0.717) is 0 Å². The van der Waals surface area contributed by atoms with Crippen molar-refractivity contribution in [2.24, 2.45) is 0 Å². The largest absolute Gasteiger partial charge is 0.0984 e. The molecule has 0 saturated carbocycles. The molecule has 0 amide bonds. The predicted octanol–water partition coefficient (Wildman–Crippen LogP) is 12.2. The Morgan fingerprint density at radius 2 is 0.955 bits per heavy atom. The van der Waals surface area contributed by atoms with Gasteiger partial charge in [0.15, 0.2) is 0 Å². The van der Waals surface area contributed by atoms with E-state index in [0.717, 1.165) is 36.8 Å². The second kappa shape index (κ2) is 9.54. The maximum atomic E-state index is 4.38. The van der Waals surface area contributed by atoms with Crippen LogP contribution in [-0.2, 0) is 10.8 Å². The highest BCUT2D eigenvalue weighted by Crippen LogP contribution is 2.55. The van der Waals surface area contributed by atoms with E-state index in [4.69, 9.17) is 0 Å². The van der Waals surface area contributed by atoms with Crippen molar-refractivity contribution in [2.75, 3.05) is 0 Å². The van der Waals surface area contributed by atoms with E-state index in [1.165, 1.54) is 77.6 Å². The second-order valence-corrected chi connectivity index (χ2v) is 13.9. The number of hydrogen-bond acceptors (Lipinski definition) is 0. The first-order valence-electron chi connectivity index (χ1n) is 16.2. The minimum atomic E-state index is -0.0117. The van der Waals surface area contributed by atoms with Crippen LogP contribution in [0.3, 0.4) is 0 Å². The molecule has 0 nitrogen and oxygen atoms in total. The first-order valence-corrected chi connectivity index (χ1v) is 16.2. The molecule has 0 heteroatoms. The normalized spacial score (nSPS) is 18.7. The molecule has 0 unspecified atom stereocenters. The Labute approximate surface area is 262 Å². The van der Waals surface area contributed by atoms with E-state index in [9.17, 15) is 0 Å². The average Bonchev–Trinajstić information content (AvgIpc) is 3.42. The van der Waals surface area contributed by atoms with Crippen LogP contribution in [0, 0.1) is 0 Å². The Bertz CT molecular complexity index is 1930. The van der Waals surface area contributed by atoms with Gasteiger partial charge in [-0.05, 0) is 127 Å². The standard InChI is InChI=1S/C44H40/c1-7-29-30(8-2)42(28-22-24-34-32-16-12-14-20-38(32)44(5,6)40(34)26-28)36-18-10-9-17-35(36)41(29)27-21-23-33-31-15-11-13-19-37(31)43(3,4)39(33)25-27/h7-10,15-26H,1-2,11-14H2,3-6H3. The third kappa shape index (κ3) is 3.58. The van der Waals surface area contributed by atoms with Gasteiger partial charge in [0.2, 0.25) is 0 Å². The molecule has 4 aliphatic carbocycles. The van der Waals surface area contributed by atoms with Gasteiger partial charge in [0, 0.05) is 10.8 Å². The topological polar surface area (TPSA) is 0 Å². The van der Waals surface area contributed by atoms with Crippen LogP contribution in [0.5, 0.6) is 0 Å². The van der Waals surface area contributed by atoms with Gasteiger partial charge in [-0.3, -0.25) is 0 Å². The molecule has 4 aliphatic rings. The predicted molar refractivity (Wildman–Crippen MR) is 192 cm³/mol. The smallest absolute Gasteiger partial charge is 0.0155 e. The van der Waals surface area contributed by atoms with E-state index in [1.54, 1.807) is 0 Å². The van der Waals surface area contributed by atoms with Gasteiger partial charge < -0.3 is 0 Å². The van der Waals surface area contributed by atoms with Crippen molar-refractivity contribution in [1.29, 1.82) is 0 Å². The molecule has 0 bridgehead atoms. The zero-order valence-corrected chi connectivity index (χ0v) is 26.5. The van der Waals surface area contributed by atoms with E-state index in [2.05, 4.69) is 126 Å². The summed E-state index contributed by atoms with van der Waals surface area (Å²) < 4.78 is 0. The van der Waals surface area contributed by atoms with Crippen LogP contribution in [0.25, 0.3) is 56.3 Å². The van der Waals surface area contributed by atoms with Crippen molar-refractivity contribution in [3.05, 3.63) is 143 Å². The Kier molecular flexibility index (Phi) is 5.89. The van der Waals surface area contributed by atoms with Gasteiger partial charge in [-0.25, -0.2) is 0 Å². The quantitative estimate of drug-likeness (QED) is 0.230. The van der Waals surface area contributed by atoms with Crippen LogP contribution in [0.4, 0.5) is 0 Å². The first kappa shape index (κ1) is 27.2. The fourth-order valence-electron chi connectivity index (χ4n) is 8.76. The average molecular weight is 569 g/mol. The lowest BCUT2D eigenvalue weighted by molar-refractivity contribution is 0.654. The SMILES string of the molecule is C=Cc1c(C=C)c(-c2ccc3c(c2)C(C)(C)C2=CCCC=C23)c2ccccc2c1-c1ccc2c(c1)C(C)(C)C1=CCCC=C12. The number of allylic oxidation sites excluding steroid dienone is 8. The molecule has 4 aromatic rings. The molecule has 4 aromatic carbocycles. The van der Waals surface area contributed by atoms with Crippen molar-refractivity contribution in [3.63, 3.8) is 0 Å². The van der Waals surface area contributed by atoms with Crippen LogP contribution < -0.4 is 0 Å². The molecule has 0 N–H and O–H groups in total. The van der Waals surface area contributed by atoms with Gasteiger partial charge >= 0.3 is 0 Å². The fourth-order valence-corrected chi connectivity index (χ4v) is 8.76. The van der Waals surface area contributed by atoms with Gasteiger partial charge in [0.05, 0.1) is 0 Å². The summed E-state index contributed by atoms with van der Waals surface area (Å²) in [4.78, 5) is 0. The molecule has 0 aliphatic heterocycles.